The molecule has 0 bridgehead atoms. The Kier molecular flexibility index (Phi) is 3.58. The van der Waals surface area contributed by atoms with Gasteiger partial charge in [-0.1, -0.05) is 0 Å². The molecule has 0 saturated heterocycles. The normalized spacial score (nSPS) is 12.4. The van der Waals surface area contributed by atoms with Crippen molar-refractivity contribution in [3.8, 4) is 0 Å². The van der Waals surface area contributed by atoms with Crippen LogP contribution in [0.25, 0.3) is 38.8 Å². The molecule has 3 aromatic heterocycles. The Bertz CT molecular complexity index is 1250. The molecule has 0 atom stereocenters. The molecule has 2 aromatic carbocycles. The zero-order valence-corrected chi connectivity index (χ0v) is 20.3. The van der Waals surface area contributed by atoms with Crippen molar-refractivity contribution in [2.75, 3.05) is 0 Å². The molecule has 0 spiro atoms. The standard InChI is InChI=1S/C20H18N2Se3/c1-7-13-14-8(2)20-16(22-12(6)24-20)10(4)18(14)25-17(13)9(3)15-19(7)23-11(5)21-15/h1-6H3. The van der Waals surface area contributed by atoms with Crippen molar-refractivity contribution >= 4 is 82.4 Å². The summed E-state index contributed by atoms with van der Waals surface area (Å²) in [5.41, 5.74) is 8.47. The Balaban J connectivity index is 2.14. The van der Waals surface area contributed by atoms with Crippen LogP contribution in [0.15, 0.2) is 0 Å². The molecule has 0 aliphatic heterocycles. The average Bonchev–Trinajstić information content (AvgIpc) is 3.25. The van der Waals surface area contributed by atoms with Crippen LogP contribution in [-0.4, -0.2) is 53.5 Å². The molecular weight excluding hydrogens is 505 g/mol. The van der Waals surface area contributed by atoms with Gasteiger partial charge in [0.25, 0.3) is 0 Å². The molecular formula is C20H18N2Se3. The first-order valence-corrected chi connectivity index (χ1v) is 13.5. The number of aryl methyl sites for hydroxylation is 6. The summed E-state index contributed by atoms with van der Waals surface area (Å²) in [5, 5.41) is 3.11. The van der Waals surface area contributed by atoms with Gasteiger partial charge >= 0.3 is 165 Å². The van der Waals surface area contributed by atoms with E-state index in [1.54, 1.807) is 19.3 Å². The second-order valence-electron chi connectivity index (χ2n) is 6.83. The maximum absolute atomic E-state index is 4.91. The van der Waals surface area contributed by atoms with Crippen molar-refractivity contribution in [1.82, 2.24) is 9.97 Å². The van der Waals surface area contributed by atoms with Gasteiger partial charge in [0.1, 0.15) is 0 Å². The van der Waals surface area contributed by atoms with E-state index in [-0.39, 0.29) is 0 Å². The van der Waals surface area contributed by atoms with Gasteiger partial charge in [-0.3, -0.25) is 0 Å². The van der Waals surface area contributed by atoms with Crippen molar-refractivity contribution in [2.45, 2.75) is 41.5 Å². The van der Waals surface area contributed by atoms with E-state index in [9.17, 15) is 0 Å². The predicted molar refractivity (Wildman–Crippen MR) is 111 cm³/mol. The number of hydrogen-bond acceptors (Lipinski definition) is 2. The number of nitrogens with zero attached hydrogens (tertiary/aromatic N) is 2. The van der Waals surface area contributed by atoms with E-state index in [2.05, 4.69) is 41.5 Å². The molecule has 5 aromatic rings. The Hall–Kier alpha value is -0.662. The first kappa shape index (κ1) is 16.5. The minimum atomic E-state index is 0.371. The van der Waals surface area contributed by atoms with E-state index in [0.717, 1.165) is 0 Å². The van der Waals surface area contributed by atoms with Gasteiger partial charge in [-0.25, -0.2) is 0 Å². The van der Waals surface area contributed by atoms with E-state index in [0.29, 0.717) is 43.5 Å². The minimum absolute atomic E-state index is 0.371. The van der Waals surface area contributed by atoms with Crippen LogP contribution >= 0.6 is 0 Å². The predicted octanol–water partition coefficient (Wildman–Crippen LogP) is 4.11. The zero-order chi connectivity index (χ0) is 17.6. The van der Waals surface area contributed by atoms with E-state index < -0.39 is 0 Å². The molecule has 2 nitrogen and oxygen atoms in total. The molecule has 25 heavy (non-hydrogen) atoms. The van der Waals surface area contributed by atoms with Gasteiger partial charge in [-0.2, -0.15) is 0 Å². The van der Waals surface area contributed by atoms with E-state index >= 15 is 0 Å². The number of aromatic nitrogens is 2. The van der Waals surface area contributed by atoms with Gasteiger partial charge < -0.3 is 0 Å². The molecule has 0 unspecified atom stereocenters. The summed E-state index contributed by atoms with van der Waals surface area (Å²) in [6.07, 6.45) is 0. The Morgan fingerprint density at radius 2 is 0.880 bits per heavy atom. The Morgan fingerprint density at radius 3 is 1.28 bits per heavy atom. The quantitative estimate of drug-likeness (QED) is 0.286. The van der Waals surface area contributed by atoms with Crippen molar-refractivity contribution in [3.05, 3.63) is 31.4 Å². The van der Waals surface area contributed by atoms with Crippen LogP contribution in [0.5, 0.6) is 0 Å². The van der Waals surface area contributed by atoms with Crippen molar-refractivity contribution < 1.29 is 0 Å². The van der Waals surface area contributed by atoms with Crippen LogP contribution in [0.3, 0.4) is 0 Å². The van der Waals surface area contributed by atoms with Gasteiger partial charge in [-0.15, -0.1) is 0 Å². The number of hydrogen-bond donors (Lipinski definition) is 0. The third-order valence-corrected chi connectivity index (χ3v) is 12.8. The summed E-state index contributed by atoms with van der Waals surface area (Å²) in [4.78, 5) is 9.81. The van der Waals surface area contributed by atoms with Crippen LogP contribution in [0.1, 0.15) is 31.4 Å². The third kappa shape index (κ3) is 2.09. The van der Waals surface area contributed by atoms with Gasteiger partial charge in [-0.05, 0) is 0 Å². The number of rotatable bonds is 0. The fourth-order valence-electron chi connectivity index (χ4n) is 3.99. The molecule has 0 N–H and O–H groups in total. The summed E-state index contributed by atoms with van der Waals surface area (Å²) >= 11 is 1.17. The first-order valence-electron chi connectivity index (χ1n) is 8.37. The van der Waals surface area contributed by atoms with Gasteiger partial charge in [0.05, 0.1) is 0 Å². The fourth-order valence-corrected chi connectivity index (χ4v) is 11.1. The maximum atomic E-state index is 4.91. The SMILES string of the molecule is Cc1nc2c(C)c3[se]c4c(C)c5nc(C)[se]c5c(C)c4c3c(C)c2[se]1. The third-order valence-electron chi connectivity index (χ3n) is 5.20. The summed E-state index contributed by atoms with van der Waals surface area (Å²) in [6.45, 7) is 13.7. The Labute approximate surface area is 164 Å². The molecule has 0 aliphatic carbocycles. The second-order valence-corrected chi connectivity index (χ2v) is 14.0. The van der Waals surface area contributed by atoms with Crippen LogP contribution in [0.4, 0.5) is 0 Å². The average molecular weight is 523 g/mol. The summed E-state index contributed by atoms with van der Waals surface area (Å²) in [7, 11) is 0. The van der Waals surface area contributed by atoms with Gasteiger partial charge in [0, 0.05) is 0 Å². The van der Waals surface area contributed by atoms with Gasteiger partial charge in [0.15, 0.2) is 0 Å². The van der Waals surface area contributed by atoms with Gasteiger partial charge in [0.2, 0.25) is 0 Å². The zero-order valence-electron chi connectivity index (χ0n) is 15.1. The van der Waals surface area contributed by atoms with Crippen molar-refractivity contribution in [1.29, 1.82) is 0 Å². The number of benzene rings is 2. The molecule has 0 amide bonds. The topological polar surface area (TPSA) is 25.8 Å². The van der Waals surface area contributed by atoms with Crippen molar-refractivity contribution in [3.63, 3.8) is 0 Å². The monoisotopic (exact) mass is 526 g/mol. The van der Waals surface area contributed by atoms with Crippen LogP contribution in [0.2, 0.25) is 0 Å². The summed E-state index contributed by atoms with van der Waals surface area (Å²) in [6, 6.07) is 0. The van der Waals surface area contributed by atoms with E-state index in [4.69, 9.17) is 9.97 Å². The number of fused-ring (bicyclic) bond motifs is 5. The van der Waals surface area contributed by atoms with Crippen LogP contribution in [0, 0.1) is 41.5 Å². The summed E-state index contributed by atoms with van der Waals surface area (Å²) < 4.78 is 8.85. The molecule has 3 heterocycles. The molecule has 0 fully saturated rings. The first-order chi connectivity index (χ1) is 11.9. The Morgan fingerprint density at radius 1 is 0.480 bits per heavy atom. The molecule has 0 saturated carbocycles. The van der Waals surface area contributed by atoms with E-state index in [1.807, 2.05) is 0 Å². The molecule has 0 radical (unpaired) electrons. The molecule has 0 aliphatic rings. The second kappa shape index (κ2) is 5.42. The fraction of sp³-hybridized carbons (Fsp3) is 0.300. The van der Waals surface area contributed by atoms with Crippen LogP contribution in [-0.2, 0) is 0 Å². The van der Waals surface area contributed by atoms with E-state index in [1.165, 1.54) is 50.9 Å². The van der Waals surface area contributed by atoms with Crippen molar-refractivity contribution in [2.24, 2.45) is 0 Å². The molecule has 5 heteroatoms. The summed E-state index contributed by atoms with van der Waals surface area (Å²) in [5.74, 6) is 0. The van der Waals surface area contributed by atoms with Crippen LogP contribution < -0.4 is 0 Å². The molecule has 5 rings (SSSR count). The molecule has 126 valence electrons.